The van der Waals surface area contributed by atoms with Crippen molar-refractivity contribution in [1.29, 1.82) is 0 Å². The summed E-state index contributed by atoms with van der Waals surface area (Å²) < 4.78 is 2.34. The van der Waals surface area contributed by atoms with E-state index in [1.54, 1.807) is 0 Å². The highest BCUT2D eigenvalue weighted by atomic mass is 79.9. The second-order valence-electron chi connectivity index (χ2n) is 3.39. The number of aromatic nitrogens is 2. The standard InChI is InChI=1S/C11H11BrN2O2/c12-9-3-1-2-8(6-9)10-7-11(16)14(13-10)4-5-15/h1-3,6-7,13,15H,4-5H2. The van der Waals surface area contributed by atoms with Crippen LogP contribution in [0.15, 0.2) is 39.6 Å². The molecule has 0 spiro atoms. The number of benzene rings is 1. The van der Waals surface area contributed by atoms with Crippen molar-refractivity contribution in [2.75, 3.05) is 6.61 Å². The van der Waals surface area contributed by atoms with Crippen LogP contribution in [-0.4, -0.2) is 21.5 Å². The molecule has 2 N–H and O–H groups in total. The van der Waals surface area contributed by atoms with Crippen molar-refractivity contribution in [3.8, 4) is 11.3 Å². The van der Waals surface area contributed by atoms with Crippen LogP contribution in [0.2, 0.25) is 0 Å². The van der Waals surface area contributed by atoms with Gasteiger partial charge in [-0.05, 0) is 12.1 Å². The largest absolute Gasteiger partial charge is 0.394 e. The summed E-state index contributed by atoms with van der Waals surface area (Å²) in [5, 5.41) is 11.7. The van der Waals surface area contributed by atoms with Gasteiger partial charge in [0.15, 0.2) is 0 Å². The van der Waals surface area contributed by atoms with Gasteiger partial charge in [0.2, 0.25) is 0 Å². The number of aliphatic hydroxyl groups excluding tert-OH is 1. The zero-order valence-electron chi connectivity index (χ0n) is 8.48. The summed E-state index contributed by atoms with van der Waals surface area (Å²) in [6.07, 6.45) is 0. The Morgan fingerprint density at radius 2 is 2.19 bits per heavy atom. The molecule has 0 amide bonds. The smallest absolute Gasteiger partial charge is 0.267 e. The minimum absolute atomic E-state index is 0.0572. The van der Waals surface area contributed by atoms with Crippen molar-refractivity contribution in [1.82, 2.24) is 9.78 Å². The first-order valence-corrected chi connectivity index (χ1v) is 5.66. The molecule has 1 aromatic heterocycles. The molecule has 0 aliphatic rings. The van der Waals surface area contributed by atoms with E-state index >= 15 is 0 Å². The van der Waals surface area contributed by atoms with E-state index in [1.165, 1.54) is 10.7 Å². The van der Waals surface area contributed by atoms with Crippen molar-refractivity contribution in [3.63, 3.8) is 0 Å². The number of halogens is 1. The summed E-state index contributed by atoms with van der Waals surface area (Å²) in [5.74, 6) is 0. The zero-order chi connectivity index (χ0) is 11.5. The van der Waals surface area contributed by atoms with Gasteiger partial charge in [-0.25, -0.2) is 0 Å². The molecule has 4 nitrogen and oxygen atoms in total. The van der Waals surface area contributed by atoms with Gasteiger partial charge in [0, 0.05) is 16.1 Å². The third-order valence-electron chi connectivity index (χ3n) is 2.25. The third-order valence-corrected chi connectivity index (χ3v) is 2.74. The van der Waals surface area contributed by atoms with Crippen LogP contribution in [0, 0.1) is 0 Å². The van der Waals surface area contributed by atoms with Crippen LogP contribution >= 0.6 is 15.9 Å². The summed E-state index contributed by atoms with van der Waals surface area (Å²) in [7, 11) is 0. The van der Waals surface area contributed by atoms with E-state index in [-0.39, 0.29) is 18.7 Å². The molecule has 0 aliphatic carbocycles. The van der Waals surface area contributed by atoms with Crippen LogP contribution in [0.4, 0.5) is 0 Å². The average molecular weight is 283 g/mol. The van der Waals surface area contributed by atoms with E-state index in [2.05, 4.69) is 21.0 Å². The summed E-state index contributed by atoms with van der Waals surface area (Å²) in [5.41, 5.74) is 1.55. The Labute approximate surface area is 101 Å². The normalized spacial score (nSPS) is 10.6. The van der Waals surface area contributed by atoms with Crippen LogP contribution in [-0.2, 0) is 6.54 Å². The molecular formula is C11H11BrN2O2. The summed E-state index contributed by atoms with van der Waals surface area (Å²) in [6, 6.07) is 9.19. The highest BCUT2D eigenvalue weighted by Crippen LogP contribution is 2.19. The lowest BCUT2D eigenvalue weighted by Crippen LogP contribution is -2.17. The first-order valence-electron chi connectivity index (χ1n) is 4.87. The molecule has 1 aromatic carbocycles. The van der Waals surface area contributed by atoms with Gasteiger partial charge >= 0.3 is 0 Å². The van der Waals surface area contributed by atoms with Crippen LogP contribution in [0.25, 0.3) is 11.3 Å². The Kier molecular flexibility index (Phi) is 3.26. The molecule has 5 heteroatoms. The predicted molar refractivity (Wildman–Crippen MR) is 65.3 cm³/mol. The molecule has 1 heterocycles. The van der Waals surface area contributed by atoms with Crippen LogP contribution in [0.3, 0.4) is 0 Å². The number of nitrogens with one attached hydrogen (secondary N) is 1. The monoisotopic (exact) mass is 282 g/mol. The number of rotatable bonds is 3. The minimum atomic E-state index is -0.135. The Morgan fingerprint density at radius 1 is 1.38 bits per heavy atom. The summed E-state index contributed by atoms with van der Waals surface area (Å²) in [4.78, 5) is 11.5. The Hall–Kier alpha value is -1.33. The van der Waals surface area contributed by atoms with E-state index in [1.807, 2.05) is 24.3 Å². The Bertz CT molecular complexity index is 545. The van der Waals surface area contributed by atoms with Crippen LogP contribution in [0.1, 0.15) is 0 Å². The fraction of sp³-hybridized carbons (Fsp3) is 0.182. The maximum absolute atomic E-state index is 11.5. The van der Waals surface area contributed by atoms with Gasteiger partial charge in [0.25, 0.3) is 5.56 Å². The van der Waals surface area contributed by atoms with E-state index in [0.717, 1.165) is 15.7 Å². The second-order valence-corrected chi connectivity index (χ2v) is 4.31. The number of hydrogen-bond donors (Lipinski definition) is 2. The number of nitrogens with zero attached hydrogens (tertiary/aromatic N) is 1. The molecular weight excluding hydrogens is 272 g/mol. The minimum Gasteiger partial charge on any atom is -0.394 e. The molecule has 0 atom stereocenters. The van der Waals surface area contributed by atoms with E-state index in [4.69, 9.17) is 5.11 Å². The fourth-order valence-corrected chi connectivity index (χ4v) is 1.90. The first kappa shape index (κ1) is 11.2. The zero-order valence-corrected chi connectivity index (χ0v) is 10.1. The van der Waals surface area contributed by atoms with Crippen molar-refractivity contribution in [2.24, 2.45) is 0 Å². The number of aromatic amines is 1. The molecule has 0 unspecified atom stereocenters. The maximum Gasteiger partial charge on any atom is 0.267 e. The molecule has 0 bridgehead atoms. The molecule has 0 saturated carbocycles. The molecule has 0 radical (unpaired) electrons. The van der Waals surface area contributed by atoms with Gasteiger partial charge in [-0.1, -0.05) is 28.1 Å². The van der Waals surface area contributed by atoms with Gasteiger partial charge in [0.1, 0.15) is 0 Å². The lowest BCUT2D eigenvalue weighted by molar-refractivity contribution is 0.267. The molecule has 2 rings (SSSR count). The molecule has 0 aliphatic heterocycles. The molecule has 0 saturated heterocycles. The van der Waals surface area contributed by atoms with Gasteiger partial charge in [0.05, 0.1) is 18.8 Å². The number of aliphatic hydroxyl groups is 1. The summed E-state index contributed by atoms with van der Waals surface area (Å²) in [6.45, 7) is 0.227. The maximum atomic E-state index is 11.5. The molecule has 0 fully saturated rings. The third kappa shape index (κ3) is 2.25. The predicted octanol–water partition coefficient (Wildman–Crippen LogP) is 1.60. The lowest BCUT2D eigenvalue weighted by atomic mass is 10.2. The van der Waals surface area contributed by atoms with Gasteiger partial charge < -0.3 is 5.11 Å². The SMILES string of the molecule is O=c1cc(-c2cccc(Br)c2)[nH]n1CCO. The topological polar surface area (TPSA) is 58.0 Å². The second kappa shape index (κ2) is 4.67. The Morgan fingerprint density at radius 3 is 2.88 bits per heavy atom. The number of hydrogen-bond acceptors (Lipinski definition) is 2. The van der Waals surface area contributed by atoms with Crippen LogP contribution < -0.4 is 5.56 Å². The van der Waals surface area contributed by atoms with Gasteiger partial charge in [-0.15, -0.1) is 0 Å². The average Bonchev–Trinajstić information content (AvgIpc) is 2.61. The van der Waals surface area contributed by atoms with Crippen molar-refractivity contribution in [2.45, 2.75) is 6.54 Å². The quantitative estimate of drug-likeness (QED) is 0.899. The van der Waals surface area contributed by atoms with Gasteiger partial charge in [-0.2, -0.15) is 0 Å². The highest BCUT2D eigenvalue weighted by Gasteiger charge is 2.04. The van der Waals surface area contributed by atoms with E-state index < -0.39 is 0 Å². The van der Waals surface area contributed by atoms with E-state index in [9.17, 15) is 4.79 Å². The highest BCUT2D eigenvalue weighted by molar-refractivity contribution is 9.10. The van der Waals surface area contributed by atoms with Crippen LogP contribution in [0.5, 0.6) is 0 Å². The lowest BCUT2D eigenvalue weighted by Gasteiger charge is -2.00. The van der Waals surface area contributed by atoms with E-state index in [0.29, 0.717) is 0 Å². The molecule has 16 heavy (non-hydrogen) atoms. The van der Waals surface area contributed by atoms with Crippen molar-refractivity contribution in [3.05, 3.63) is 45.2 Å². The molecule has 2 aromatic rings. The van der Waals surface area contributed by atoms with Gasteiger partial charge in [-0.3, -0.25) is 14.6 Å². The van der Waals surface area contributed by atoms with Crippen molar-refractivity contribution >= 4 is 15.9 Å². The fourth-order valence-electron chi connectivity index (χ4n) is 1.50. The first-order chi connectivity index (χ1) is 7.70. The molecule has 84 valence electrons. The summed E-state index contributed by atoms with van der Waals surface area (Å²) >= 11 is 3.38. The number of H-pyrrole nitrogens is 1. The van der Waals surface area contributed by atoms with Crippen molar-refractivity contribution < 1.29 is 5.11 Å². The Balaban J connectivity index is 2.41.